The summed E-state index contributed by atoms with van der Waals surface area (Å²) in [5.41, 5.74) is 0. The molecule has 1 aliphatic heterocycles. The molecule has 0 unspecified atom stereocenters. The lowest BCUT2D eigenvalue weighted by atomic mass is 10.1. The molecule has 6 nitrogen and oxygen atoms in total. The molecule has 0 aromatic carbocycles. The topological polar surface area (TPSA) is 76.1 Å². The summed E-state index contributed by atoms with van der Waals surface area (Å²) < 4.78 is 10.5. The Bertz CT molecular complexity index is 289. The van der Waals surface area contributed by atoms with E-state index in [0.29, 0.717) is 45.6 Å². The maximum atomic E-state index is 11.7. The Labute approximate surface area is 113 Å². The van der Waals surface area contributed by atoms with Crippen LogP contribution in [0.5, 0.6) is 0 Å². The van der Waals surface area contributed by atoms with Crippen molar-refractivity contribution < 1.29 is 24.2 Å². The number of carbonyl (C=O) groups excluding carboxylic acids is 1. The number of carbonyl (C=O) groups is 2. The van der Waals surface area contributed by atoms with Gasteiger partial charge in [-0.3, -0.25) is 9.59 Å². The molecule has 0 bridgehead atoms. The number of hydrogen-bond acceptors (Lipinski definition) is 4. The van der Waals surface area contributed by atoms with Crippen molar-refractivity contribution in [3.63, 3.8) is 0 Å². The van der Waals surface area contributed by atoms with Crippen molar-refractivity contribution in [2.45, 2.75) is 38.2 Å². The summed E-state index contributed by atoms with van der Waals surface area (Å²) in [5, 5.41) is 8.48. The molecule has 1 rings (SSSR count). The minimum Gasteiger partial charge on any atom is -0.481 e. The lowest BCUT2D eigenvalue weighted by Crippen LogP contribution is -2.54. The molecule has 0 atom stereocenters. The highest BCUT2D eigenvalue weighted by molar-refractivity contribution is 5.77. The molecule has 0 aromatic heterocycles. The van der Waals surface area contributed by atoms with Crippen molar-refractivity contribution in [3.05, 3.63) is 0 Å². The van der Waals surface area contributed by atoms with E-state index < -0.39 is 5.97 Å². The molecule has 1 heterocycles. The van der Waals surface area contributed by atoms with Crippen LogP contribution in [-0.4, -0.2) is 61.4 Å². The molecule has 0 radical (unpaired) electrons. The van der Waals surface area contributed by atoms with Crippen LogP contribution in [0.2, 0.25) is 0 Å². The molecule has 1 aliphatic rings. The zero-order chi connectivity index (χ0) is 14.1. The number of hydrogen-bond donors (Lipinski definition) is 1. The molecule has 1 N–H and O–H groups in total. The quantitative estimate of drug-likeness (QED) is 0.598. The number of carboxylic acid groups (broad SMARTS) is 1. The molecule has 1 saturated heterocycles. The van der Waals surface area contributed by atoms with Crippen LogP contribution in [0.3, 0.4) is 0 Å². The summed E-state index contributed by atoms with van der Waals surface area (Å²) in [6.07, 6.45) is 2.80. The van der Waals surface area contributed by atoms with E-state index in [4.69, 9.17) is 14.6 Å². The number of likely N-dealkylation sites (tertiary alicyclic amines) is 1. The fraction of sp³-hybridized carbons (Fsp3) is 0.846. The molecule has 1 amide bonds. The predicted molar refractivity (Wildman–Crippen MR) is 68.9 cm³/mol. The summed E-state index contributed by atoms with van der Waals surface area (Å²) in [4.78, 5) is 23.8. The minimum absolute atomic E-state index is 0.0992. The Hall–Kier alpha value is -1.14. The van der Waals surface area contributed by atoms with Crippen molar-refractivity contribution in [1.29, 1.82) is 0 Å². The molecular formula is C13H23NO5. The molecule has 0 aliphatic carbocycles. The minimum atomic E-state index is -0.805. The summed E-state index contributed by atoms with van der Waals surface area (Å²) in [6, 6.07) is 0. The Morgan fingerprint density at radius 1 is 1.16 bits per heavy atom. The van der Waals surface area contributed by atoms with Gasteiger partial charge in [0.2, 0.25) is 5.91 Å². The van der Waals surface area contributed by atoms with E-state index >= 15 is 0 Å². The Kier molecular flexibility index (Phi) is 7.43. The van der Waals surface area contributed by atoms with Gasteiger partial charge in [-0.25, -0.2) is 0 Å². The number of rotatable bonds is 10. The Morgan fingerprint density at radius 2 is 1.84 bits per heavy atom. The highest BCUT2D eigenvalue weighted by Gasteiger charge is 2.30. The molecule has 0 spiro atoms. The average Bonchev–Trinajstić information content (AvgIpc) is 2.31. The van der Waals surface area contributed by atoms with Gasteiger partial charge in [0, 0.05) is 46.3 Å². The number of nitrogens with zero attached hydrogens (tertiary/aromatic N) is 1. The van der Waals surface area contributed by atoms with Gasteiger partial charge in [-0.1, -0.05) is 0 Å². The molecular weight excluding hydrogens is 250 g/mol. The zero-order valence-corrected chi connectivity index (χ0v) is 11.5. The van der Waals surface area contributed by atoms with E-state index in [9.17, 15) is 9.59 Å². The second-order valence-electron chi connectivity index (χ2n) is 4.74. The highest BCUT2D eigenvalue weighted by Crippen LogP contribution is 2.14. The molecule has 0 saturated carbocycles. The van der Waals surface area contributed by atoms with E-state index in [1.54, 1.807) is 12.0 Å². The van der Waals surface area contributed by atoms with Gasteiger partial charge in [0.1, 0.15) is 0 Å². The van der Waals surface area contributed by atoms with Crippen molar-refractivity contribution >= 4 is 11.9 Å². The summed E-state index contributed by atoms with van der Waals surface area (Å²) in [6.45, 7) is 2.67. The fourth-order valence-corrected chi connectivity index (χ4v) is 1.91. The lowest BCUT2D eigenvalue weighted by Gasteiger charge is -2.39. The van der Waals surface area contributed by atoms with E-state index in [1.165, 1.54) is 0 Å². The van der Waals surface area contributed by atoms with Crippen LogP contribution in [0.1, 0.15) is 32.1 Å². The number of ether oxygens (including phenoxy) is 2. The van der Waals surface area contributed by atoms with Gasteiger partial charge in [-0.15, -0.1) is 0 Å². The maximum absolute atomic E-state index is 11.7. The fourth-order valence-electron chi connectivity index (χ4n) is 1.91. The SMILES string of the molecule is COCCCOC1CN(C(=O)CCCCC(=O)O)C1. The van der Waals surface area contributed by atoms with Crippen molar-refractivity contribution in [3.8, 4) is 0 Å². The Morgan fingerprint density at radius 3 is 2.47 bits per heavy atom. The second-order valence-corrected chi connectivity index (χ2v) is 4.74. The predicted octanol–water partition coefficient (Wildman–Crippen LogP) is 0.895. The average molecular weight is 273 g/mol. The van der Waals surface area contributed by atoms with Crippen LogP contribution in [0.15, 0.2) is 0 Å². The van der Waals surface area contributed by atoms with Gasteiger partial charge >= 0.3 is 5.97 Å². The lowest BCUT2D eigenvalue weighted by molar-refractivity contribution is -0.145. The maximum Gasteiger partial charge on any atom is 0.303 e. The monoisotopic (exact) mass is 273 g/mol. The first-order valence-electron chi connectivity index (χ1n) is 6.73. The third-order valence-electron chi connectivity index (χ3n) is 3.08. The van der Waals surface area contributed by atoms with Gasteiger partial charge in [0.15, 0.2) is 0 Å². The van der Waals surface area contributed by atoms with E-state index in [-0.39, 0.29) is 18.4 Å². The zero-order valence-electron chi connectivity index (χ0n) is 11.5. The second kappa shape index (κ2) is 8.87. The molecule has 0 aromatic rings. The van der Waals surface area contributed by atoms with Gasteiger partial charge in [0.05, 0.1) is 6.10 Å². The van der Waals surface area contributed by atoms with Gasteiger partial charge in [0.25, 0.3) is 0 Å². The third-order valence-corrected chi connectivity index (χ3v) is 3.08. The first-order valence-corrected chi connectivity index (χ1v) is 6.73. The van der Waals surface area contributed by atoms with Crippen LogP contribution in [0.25, 0.3) is 0 Å². The molecule has 6 heteroatoms. The van der Waals surface area contributed by atoms with Crippen LogP contribution in [0.4, 0.5) is 0 Å². The van der Waals surface area contributed by atoms with Crippen LogP contribution in [-0.2, 0) is 19.1 Å². The number of aliphatic carboxylic acids is 1. The number of carboxylic acids is 1. The third kappa shape index (κ3) is 6.54. The summed E-state index contributed by atoms with van der Waals surface area (Å²) in [7, 11) is 1.66. The normalized spacial score (nSPS) is 15.3. The van der Waals surface area contributed by atoms with Crippen LogP contribution in [0, 0.1) is 0 Å². The van der Waals surface area contributed by atoms with Crippen molar-refractivity contribution in [1.82, 2.24) is 4.90 Å². The molecule has 1 fully saturated rings. The highest BCUT2D eigenvalue weighted by atomic mass is 16.5. The summed E-state index contributed by atoms with van der Waals surface area (Å²) >= 11 is 0. The van der Waals surface area contributed by atoms with Gasteiger partial charge in [-0.2, -0.15) is 0 Å². The van der Waals surface area contributed by atoms with Crippen molar-refractivity contribution in [2.24, 2.45) is 0 Å². The Balaban J connectivity index is 1.97. The van der Waals surface area contributed by atoms with Crippen LogP contribution < -0.4 is 0 Å². The number of amides is 1. The van der Waals surface area contributed by atoms with E-state index in [2.05, 4.69) is 0 Å². The smallest absolute Gasteiger partial charge is 0.303 e. The van der Waals surface area contributed by atoms with Gasteiger partial charge in [-0.05, 0) is 19.3 Å². The summed E-state index contributed by atoms with van der Waals surface area (Å²) in [5.74, 6) is -0.706. The van der Waals surface area contributed by atoms with E-state index in [1.807, 2.05) is 0 Å². The molecule has 19 heavy (non-hydrogen) atoms. The first kappa shape index (κ1) is 15.9. The molecule has 110 valence electrons. The number of methoxy groups -OCH3 is 1. The van der Waals surface area contributed by atoms with Crippen molar-refractivity contribution in [2.75, 3.05) is 33.4 Å². The standard InChI is InChI=1S/C13H23NO5/c1-18-7-4-8-19-11-9-14(10-11)12(15)5-2-3-6-13(16)17/h11H,2-10H2,1H3,(H,16,17). The first-order chi connectivity index (χ1) is 9.13. The van der Waals surface area contributed by atoms with Crippen LogP contribution >= 0.6 is 0 Å². The van der Waals surface area contributed by atoms with E-state index in [0.717, 1.165) is 6.42 Å². The number of unbranched alkanes of at least 4 members (excludes halogenated alkanes) is 1. The largest absolute Gasteiger partial charge is 0.481 e. The van der Waals surface area contributed by atoms with Gasteiger partial charge < -0.3 is 19.5 Å².